The van der Waals surface area contributed by atoms with E-state index < -0.39 is 24.7 Å². The standard InChI is InChI=1S/C17H15ClF3N5O2/c1-7-10(15(27)28-6-17(19,20)21)11(8-4-2-3-5-9(8)18)12-13(22)25-16(23)26-14(12)24-7/h2-5,11H,6H2,1H3,(H5,22,23,24,25,26). The van der Waals surface area contributed by atoms with Crippen LogP contribution in [0.2, 0.25) is 5.02 Å². The van der Waals surface area contributed by atoms with Gasteiger partial charge in [0.25, 0.3) is 0 Å². The molecule has 1 aliphatic heterocycles. The van der Waals surface area contributed by atoms with Gasteiger partial charge in [-0.3, -0.25) is 0 Å². The number of aromatic nitrogens is 2. The van der Waals surface area contributed by atoms with Crippen LogP contribution >= 0.6 is 11.6 Å². The van der Waals surface area contributed by atoms with Crippen LogP contribution in [0, 0.1) is 0 Å². The van der Waals surface area contributed by atoms with E-state index in [2.05, 4.69) is 20.0 Å². The summed E-state index contributed by atoms with van der Waals surface area (Å²) in [5, 5.41) is 3.12. The van der Waals surface area contributed by atoms with Crippen LogP contribution in [0.5, 0.6) is 0 Å². The lowest BCUT2D eigenvalue weighted by atomic mass is 9.82. The van der Waals surface area contributed by atoms with Crippen LogP contribution in [0.1, 0.15) is 24.0 Å². The fourth-order valence-corrected chi connectivity index (χ4v) is 3.25. The first-order valence-electron chi connectivity index (χ1n) is 7.97. The number of fused-ring (bicyclic) bond motifs is 1. The fourth-order valence-electron chi connectivity index (χ4n) is 3.01. The zero-order valence-electron chi connectivity index (χ0n) is 14.5. The van der Waals surface area contributed by atoms with E-state index >= 15 is 0 Å². The highest BCUT2D eigenvalue weighted by atomic mass is 35.5. The van der Waals surface area contributed by atoms with Gasteiger partial charge in [-0.2, -0.15) is 23.1 Å². The minimum atomic E-state index is -4.67. The molecule has 0 radical (unpaired) electrons. The number of carbonyl (C=O) groups excluding carboxylic acids is 1. The number of esters is 1. The number of halogens is 4. The molecule has 1 aliphatic rings. The molecule has 2 heterocycles. The number of alkyl halides is 3. The van der Waals surface area contributed by atoms with Gasteiger partial charge in [0.05, 0.1) is 11.5 Å². The zero-order valence-corrected chi connectivity index (χ0v) is 15.2. The number of ether oxygens (including phenoxy) is 1. The average molecular weight is 414 g/mol. The van der Waals surface area contributed by atoms with Gasteiger partial charge in [0.1, 0.15) is 11.6 Å². The number of benzene rings is 1. The summed E-state index contributed by atoms with van der Waals surface area (Å²) in [4.78, 5) is 20.5. The van der Waals surface area contributed by atoms with Gasteiger partial charge in [0, 0.05) is 16.3 Å². The second kappa shape index (κ2) is 7.19. The predicted molar refractivity (Wildman–Crippen MR) is 97.5 cm³/mol. The molecule has 148 valence electrons. The van der Waals surface area contributed by atoms with Crippen molar-refractivity contribution in [3.05, 3.63) is 51.7 Å². The molecule has 7 nitrogen and oxygen atoms in total. The summed E-state index contributed by atoms with van der Waals surface area (Å²) >= 11 is 6.29. The van der Waals surface area contributed by atoms with E-state index in [1.165, 1.54) is 6.92 Å². The third-order valence-corrected chi connectivity index (χ3v) is 4.43. The van der Waals surface area contributed by atoms with Gasteiger partial charge in [-0.05, 0) is 18.6 Å². The Morgan fingerprint density at radius 2 is 1.96 bits per heavy atom. The Bertz CT molecular complexity index is 978. The molecule has 1 aromatic heterocycles. The van der Waals surface area contributed by atoms with E-state index in [4.69, 9.17) is 23.1 Å². The summed E-state index contributed by atoms with van der Waals surface area (Å²) < 4.78 is 42.1. The molecule has 0 aliphatic carbocycles. The van der Waals surface area contributed by atoms with Crippen molar-refractivity contribution in [2.45, 2.75) is 19.0 Å². The highest BCUT2D eigenvalue weighted by Crippen LogP contribution is 2.45. The van der Waals surface area contributed by atoms with Crippen molar-refractivity contribution in [3.8, 4) is 0 Å². The zero-order chi connectivity index (χ0) is 20.6. The third kappa shape index (κ3) is 3.81. The lowest BCUT2D eigenvalue weighted by molar-refractivity contribution is -0.183. The van der Waals surface area contributed by atoms with Crippen molar-refractivity contribution in [3.63, 3.8) is 0 Å². The molecule has 0 bridgehead atoms. The largest absolute Gasteiger partial charge is 0.453 e. The van der Waals surface area contributed by atoms with E-state index in [1.54, 1.807) is 24.3 Å². The lowest BCUT2D eigenvalue weighted by Gasteiger charge is -2.30. The van der Waals surface area contributed by atoms with E-state index in [9.17, 15) is 18.0 Å². The van der Waals surface area contributed by atoms with Crippen molar-refractivity contribution in [1.82, 2.24) is 9.97 Å². The molecule has 1 aromatic carbocycles. The second-order valence-electron chi connectivity index (χ2n) is 6.04. The maximum Gasteiger partial charge on any atom is 0.422 e. The number of nitrogens with zero attached hydrogens (tertiary/aromatic N) is 2. The highest BCUT2D eigenvalue weighted by Gasteiger charge is 2.39. The summed E-state index contributed by atoms with van der Waals surface area (Å²) in [7, 11) is 0. The molecule has 0 fully saturated rings. The fraction of sp³-hybridized carbons (Fsp3) is 0.235. The van der Waals surface area contributed by atoms with E-state index in [1.807, 2.05) is 0 Å². The van der Waals surface area contributed by atoms with Crippen LogP contribution in [0.4, 0.5) is 30.8 Å². The van der Waals surface area contributed by atoms with Crippen LogP contribution in [0.25, 0.3) is 0 Å². The Morgan fingerprint density at radius 3 is 2.61 bits per heavy atom. The normalized spacial score (nSPS) is 16.4. The van der Waals surface area contributed by atoms with Crippen molar-refractivity contribution in [2.75, 3.05) is 23.4 Å². The Kier molecular flexibility index (Phi) is 5.07. The quantitative estimate of drug-likeness (QED) is 0.661. The number of hydrogen-bond donors (Lipinski definition) is 3. The SMILES string of the molecule is CC1=C(C(=O)OCC(F)(F)F)C(c2ccccc2Cl)c2c(N)nc(N)nc2N1. The molecular weight excluding hydrogens is 399 g/mol. The Balaban J connectivity index is 2.17. The van der Waals surface area contributed by atoms with Crippen LogP contribution < -0.4 is 16.8 Å². The Morgan fingerprint density at radius 1 is 1.29 bits per heavy atom. The lowest BCUT2D eigenvalue weighted by Crippen LogP contribution is -2.29. The number of hydrogen-bond acceptors (Lipinski definition) is 7. The summed E-state index contributed by atoms with van der Waals surface area (Å²) in [5.41, 5.74) is 12.5. The molecule has 28 heavy (non-hydrogen) atoms. The second-order valence-corrected chi connectivity index (χ2v) is 6.45. The topological polar surface area (TPSA) is 116 Å². The van der Waals surface area contributed by atoms with E-state index in [0.29, 0.717) is 5.56 Å². The van der Waals surface area contributed by atoms with Crippen LogP contribution in [-0.4, -0.2) is 28.7 Å². The maximum absolute atomic E-state index is 12.6. The number of carbonyl (C=O) groups is 1. The number of anilines is 3. The van der Waals surface area contributed by atoms with E-state index in [-0.39, 0.29) is 39.4 Å². The first-order valence-corrected chi connectivity index (χ1v) is 8.35. The smallest absolute Gasteiger partial charge is 0.422 e. The summed E-state index contributed by atoms with van der Waals surface area (Å²) in [6.07, 6.45) is -4.67. The molecule has 0 saturated carbocycles. The van der Waals surface area contributed by atoms with Crippen molar-refractivity contribution >= 4 is 35.2 Å². The molecule has 0 saturated heterocycles. The van der Waals surface area contributed by atoms with Crippen LogP contribution in [-0.2, 0) is 9.53 Å². The molecule has 5 N–H and O–H groups in total. The van der Waals surface area contributed by atoms with Gasteiger partial charge in [0.15, 0.2) is 6.61 Å². The van der Waals surface area contributed by atoms with Gasteiger partial charge in [0.2, 0.25) is 5.95 Å². The molecule has 0 amide bonds. The van der Waals surface area contributed by atoms with Gasteiger partial charge in [-0.15, -0.1) is 0 Å². The van der Waals surface area contributed by atoms with Gasteiger partial charge in [-0.25, -0.2) is 4.79 Å². The number of allylic oxidation sites excluding steroid dienone is 1. The Hall–Kier alpha value is -3.01. The Labute approximate surface area is 162 Å². The molecule has 1 unspecified atom stereocenters. The first-order chi connectivity index (χ1) is 13.1. The predicted octanol–water partition coefficient (Wildman–Crippen LogP) is 3.23. The van der Waals surface area contributed by atoms with Gasteiger partial charge >= 0.3 is 12.1 Å². The molecule has 1 atom stereocenters. The molecule has 0 spiro atoms. The third-order valence-electron chi connectivity index (χ3n) is 4.08. The number of rotatable bonds is 3. The van der Waals surface area contributed by atoms with Crippen LogP contribution in [0.15, 0.2) is 35.5 Å². The molecule has 2 aromatic rings. The summed E-state index contributed by atoms with van der Waals surface area (Å²) in [6, 6.07) is 6.56. The van der Waals surface area contributed by atoms with Crippen molar-refractivity contribution in [1.29, 1.82) is 0 Å². The molecule has 3 rings (SSSR count). The summed E-state index contributed by atoms with van der Waals surface area (Å²) in [6.45, 7) is -0.218. The van der Waals surface area contributed by atoms with Gasteiger partial charge in [-0.1, -0.05) is 29.8 Å². The monoisotopic (exact) mass is 413 g/mol. The molecular formula is C17H15ClF3N5O2. The number of nitrogen functional groups attached to an aromatic ring is 2. The number of nitrogens with one attached hydrogen (secondary N) is 1. The maximum atomic E-state index is 12.6. The van der Waals surface area contributed by atoms with Crippen molar-refractivity contribution < 1.29 is 22.7 Å². The van der Waals surface area contributed by atoms with Crippen molar-refractivity contribution in [2.24, 2.45) is 0 Å². The average Bonchev–Trinajstić information content (AvgIpc) is 2.58. The van der Waals surface area contributed by atoms with Gasteiger partial charge < -0.3 is 21.5 Å². The number of nitrogens with two attached hydrogens (primary N) is 2. The molecule has 11 heteroatoms. The highest BCUT2D eigenvalue weighted by molar-refractivity contribution is 6.31. The van der Waals surface area contributed by atoms with Crippen LogP contribution in [0.3, 0.4) is 0 Å². The van der Waals surface area contributed by atoms with E-state index in [0.717, 1.165) is 0 Å². The minimum absolute atomic E-state index is 0.0338. The first kappa shape index (κ1) is 19.7. The minimum Gasteiger partial charge on any atom is -0.453 e. The summed E-state index contributed by atoms with van der Waals surface area (Å²) in [5.74, 6) is -1.99.